The quantitative estimate of drug-likeness (QED) is 0.625. The first kappa shape index (κ1) is 17.4. The van der Waals surface area contributed by atoms with E-state index in [1.54, 1.807) is 20.8 Å². The molecule has 0 spiro atoms. The van der Waals surface area contributed by atoms with Crippen LogP contribution in [0.3, 0.4) is 0 Å². The SMILES string of the molecule is CC1=C(C)C(=O)C(C(C)(C)CC=O)=C(C)C1=O.CN. The third kappa shape index (κ3) is 3.26. The number of hydrogen-bond acceptors (Lipinski definition) is 4. The van der Waals surface area contributed by atoms with Crippen molar-refractivity contribution in [2.75, 3.05) is 7.05 Å². The van der Waals surface area contributed by atoms with Gasteiger partial charge in [0.25, 0.3) is 0 Å². The summed E-state index contributed by atoms with van der Waals surface area (Å²) >= 11 is 0. The molecule has 106 valence electrons. The Balaban J connectivity index is 0.00000154. The van der Waals surface area contributed by atoms with E-state index in [2.05, 4.69) is 5.73 Å². The summed E-state index contributed by atoms with van der Waals surface area (Å²) in [6, 6.07) is 0. The van der Waals surface area contributed by atoms with E-state index >= 15 is 0 Å². The van der Waals surface area contributed by atoms with Crippen LogP contribution in [0.4, 0.5) is 0 Å². The van der Waals surface area contributed by atoms with Crippen molar-refractivity contribution in [3.05, 3.63) is 22.3 Å². The van der Waals surface area contributed by atoms with E-state index in [4.69, 9.17) is 0 Å². The fraction of sp³-hybridized carbons (Fsp3) is 0.533. The fourth-order valence-corrected chi connectivity index (χ4v) is 2.22. The summed E-state index contributed by atoms with van der Waals surface area (Å²) in [5, 5.41) is 0. The van der Waals surface area contributed by atoms with Gasteiger partial charge in [-0.05, 0) is 27.8 Å². The zero-order chi connectivity index (χ0) is 15.4. The van der Waals surface area contributed by atoms with Crippen molar-refractivity contribution < 1.29 is 14.4 Å². The van der Waals surface area contributed by atoms with E-state index in [1.807, 2.05) is 13.8 Å². The summed E-state index contributed by atoms with van der Waals surface area (Å²) in [5.74, 6) is -0.192. The van der Waals surface area contributed by atoms with E-state index in [1.165, 1.54) is 7.05 Å². The molecule has 0 unspecified atom stereocenters. The number of ketones is 2. The Kier molecular flexibility index (Phi) is 6.03. The normalized spacial score (nSPS) is 16.4. The zero-order valence-corrected chi connectivity index (χ0v) is 12.6. The van der Waals surface area contributed by atoms with Crippen molar-refractivity contribution in [1.29, 1.82) is 0 Å². The van der Waals surface area contributed by atoms with E-state index < -0.39 is 5.41 Å². The number of carbonyl (C=O) groups excluding carboxylic acids is 3. The average Bonchev–Trinajstić information content (AvgIpc) is 2.36. The van der Waals surface area contributed by atoms with Crippen LogP contribution < -0.4 is 5.73 Å². The first-order valence-electron chi connectivity index (χ1n) is 6.23. The van der Waals surface area contributed by atoms with Gasteiger partial charge < -0.3 is 10.5 Å². The molecular formula is C15H23NO3. The van der Waals surface area contributed by atoms with Gasteiger partial charge in [0.05, 0.1) is 0 Å². The second-order valence-electron chi connectivity index (χ2n) is 5.16. The minimum absolute atomic E-state index is 0.0870. The maximum atomic E-state index is 12.2. The molecule has 4 nitrogen and oxygen atoms in total. The van der Waals surface area contributed by atoms with Gasteiger partial charge in [0.15, 0.2) is 11.6 Å². The van der Waals surface area contributed by atoms with E-state index in [-0.39, 0.29) is 18.0 Å². The van der Waals surface area contributed by atoms with Crippen LogP contribution in [-0.2, 0) is 14.4 Å². The highest BCUT2D eigenvalue weighted by Gasteiger charge is 2.36. The topological polar surface area (TPSA) is 77.2 Å². The van der Waals surface area contributed by atoms with Gasteiger partial charge in [-0.25, -0.2) is 0 Å². The molecule has 0 atom stereocenters. The highest BCUT2D eigenvalue weighted by atomic mass is 16.1. The smallest absolute Gasteiger partial charge is 0.186 e. The predicted octanol–water partition coefficient (Wildman–Crippen LogP) is 1.98. The van der Waals surface area contributed by atoms with Gasteiger partial charge >= 0.3 is 0 Å². The summed E-state index contributed by atoms with van der Waals surface area (Å²) in [5.41, 5.74) is 5.89. The lowest BCUT2D eigenvalue weighted by molar-refractivity contribution is -0.117. The molecule has 0 radical (unpaired) electrons. The third-order valence-corrected chi connectivity index (χ3v) is 3.46. The van der Waals surface area contributed by atoms with Gasteiger partial charge in [0.1, 0.15) is 6.29 Å². The maximum absolute atomic E-state index is 12.2. The fourth-order valence-electron chi connectivity index (χ4n) is 2.22. The Labute approximate surface area is 114 Å². The average molecular weight is 265 g/mol. The highest BCUT2D eigenvalue weighted by Crippen LogP contribution is 2.37. The predicted molar refractivity (Wildman–Crippen MR) is 75.7 cm³/mol. The lowest BCUT2D eigenvalue weighted by Gasteiger charge is -2.30. The number of Topliss-reactive ketones (excluding diaryl/α,β-unsaturated/α-hetero) is 2. The summed E-state index contributed by atoms with van der Waals surface area (Å²) in [7, 11) is 1.50. The Hall–Kier alpha value is -1.55. The molecule has 4 heteroatoms. The number of nitrogens with two attached hydrogens (primary N) is 1. The van der Waals surface area contributed by atoms with Gasteiger partial charge in [-0.3, -0.25) is 9.59 Å². The van der Waals surface area contributed by atoms with Gasteiger partial charge in [-0.15, -0.1) is 0 Å². The molecule has 0 fully saturated rings. The Morgan fingerprint density at radius 3 is 1.79 bits per heavy atom. The molecule has 0 saturated heterocycles. The maximum Gasteiger partial charge on any atom is 0.186 e. The van der Waals surface area contributed by atoms with Crippen LogP contribution >= 0.6 is 0 Å². The molecule has 0 aromatic heterocycles. The second-order valence-corrected chi connectivity index (χ2v) is 5.16. The van der Waals surface area contributed by atoms with Crippen LogP contribution in [0, 0.1) is 5.41 Å². The molecule has 0 amide bonds. The molecule has 1 rings (SSSR count). The molecule has 1 aliphatic carbocycles. The molecule has 0 aromatic carbocycles. The minimum atomic E-state index is -0.583. The number of hydrogen-bond donors (Lipinski definition) is 1. The van der Waals surface area contributed by atoms with E-state index in [0.717, 1.165) is 6.29 Å². The number of rotatable bonds is 3. The van der Waals surface area contributed by atoms with Crippen LogP contribution in [0.1, 0.15) is 41.0 Å². The molecule has 0 bridgehead atoms. The standard InChI is InChI=1S/C14H18O3.CH5N/c1-8-9(2)13(17)11(10(3)12(8)16)14(4,5)6-7-15;1-2/h7H,6H2,1-5H3;2H2,1H3. The summed E-state index contributed by atoms with van der Waals surface area (Å²) in [6.07, 6.45) is 1.03. The first-order chi connectivity index (χ1) is 8.74. The van der Waals surface area contributed by atoms with Crippen LogP contribution in [0.25, 0.3) is 0 Å². The summed E-state index contributed by atoms with van der Waals surface area (Å²) < 4.78 is 0. The number of carbonyl (C=O) groups is 3. The minimum Gasteiger partial charge on any atom is -0.333 e. The van der Waals surface area contributed by atoms with Crippen molar-refractivity contribution in [3.8, 4) is 0 Å². The molecular weight excluding hydrogens is 242 g/mol. The summed E-state index contributed by atoms with van der Waals surface area (Å²) in [6.45, 7) is 8.64. The van der Waals surface area contributed by atoms with Crippen LogP contribution in [0.2, 0.25) is 0 Å². The van der Waals surface area contributed by atoms with Gasteiger partial charge in [0.2, 0.25) is 0 Å². The van der Waals surface area contributed by atoms with Crippen molar-refractivity contribution in [2.24, 2.45) is 11.1 Å². The Morgan fingerprint density at radius 1 is 0.947 bits per heavy atom. The van der Waals surface area contributed by atoms with E-state index in [0.29, 0.717) is 22.3 Å². The Morgan fingerprint density at radius 2 is 1.37 bits per heavy atom. The van der Waals surface area contributed by atoms with Crippen LogP contribution in [0.5, 0.6) is 0 Å². The van der Waals surface area contributed by atoms with Crippen LogP contribution in [-0.4, -0.2) is 24.9 Å². The molecule has 2 N–H and O–H groups in total. The number of aldehydes is 1. The second kappa shape index (κ2) is 6.57. The lowest BCUT2D eigenvalue weighted by Crippen LogP contribution is -2.30. The monoisotopic (exact) mass is 265 g/mol. The van der Waals surface area contributed by atoms with Gasteiger partial charge in [-0.1, -0.05) is 13.8 Å². The zero-order valence-electron chi connectivity index (χ0n) is 12.6. The van der Waals surface area contributed by atoms with Gasteiger partial charge in [-0.2, -0.15) is 0 Å². The molecule has 0 heterocycles. The van der Waals surface area contributed by atoms with Crippen molar-refractivity contribution in [3.63, 3.8) is 0 Å². The van der Waals surface area contributed by atoms with Gasteiger partial charge in [0, 0.05) is 34.1 Å². The third-order valence-electron chi connectivity index (χ3n) is 3.46. The molecule has 19 heavy (non-hydrogen) atoms. The first-order valence-corrected chi connectivity index (χ1v) is 6.23. The van der Waals surface area contributed by atoms with Crippen molar-refractivity contribution in [2.45, 2.75) is 41.0 Å². The number of allylic oxidation sites excluding steroid dienone is 4. The summed E-state index contributed by atoms with van der Waals surface area (Å²) in [4.78, 5) is 34.9. The largest absolute Gasteiger partial charge is 0.333 e. The van der Waals surface area contributed by atoms with E-state index in [9.17, 15) is 14.4 Å². The molecule has 0 aromatic rings. The van der Waals surface area contributed by atoms with Crippen molar-refractivity contribution >= 4 is 17.9 Å². The molecule has 0 aliphatic heterocycles. The lowest BCUT2D eigenvalue weighted by atomic mass is 9.71. The Bertz CT molecular complexity index is 468. The highest BCUT2D eigenvalue weighted by molar-refractivity contribution is 6.25. The molecule has 1 aliphatic rings. The van der Waals surface area contributed by atoms with Crippen LogP contribution in [0.15, 0.2) is 22.3 Å². The molecule has 0 saturated carbocycles. The van der Waals surface area contributed by atoms with Crippen molar-refractivity contribution in [1.82, 2.24) is 0 Å².